The molecule has 0 spiro atoms. The van der Waals surface area contributed by atoms with Crippen molar-refractivity contribution in [2.24, 2.45) is 0 Å². The maximum atomic E-state index is 12.7. The monoisotopic (exact) mass is 507 g/mol. The smallest absolute Gasteiger partial charge is 0.257 e. The molecule has 0 aliphatic carbocycles. The Labute approximate surface area is 190 Å². The number of nitrogens with zero attached hydrogens (tertiary/aromatic N) is 1. The second-order valence-corrected chi connectivity index (χ2v) is 9.50. The molecule has 0 radical (unpaired) electrons. The normalized spacial score (nSPS) is 11.0. The van der Waals surface area contributed by atoms with Gasteiger partial charge in [0.05, 0.1) is 4.90 Å². The van der Waals surface area contributed by atoms with E-state index in [2.05, 4.69) is 39.7 Å². The van der Waals surface area contributed by atoms with E-state index in [1.165, 1.54) is 28.6 Å². The quantitative estimate of drug-likeness (QED) is 0.412. The van der Waals surface area contributed by atoms with Gasteiger partial charge < -0.3 is 5.32 Å². The lowest BCUT2D eigenvalue weighted by Crippen LogP contribution is -2.34. The maximum Gasteiger partial charge on any atom is 0.257 e. The van der Waals surface area contributed by atoms with Crippen LogP contribution in [0.15, 0.2) is 77.1 Å². The standard InChI is InChI=1S/C21H22BrN3O3S2/c1-4-12-25(13-5-2)30(27,28)18-10-8-17(9-11-18)23-21(29)24-20(26)16-7-6-15(3)19(22)14-16/h4-11,14H,1-2,12-13H2,3H3,(H2,23,24,26,29). The number of benzene rings is 2. The summed E-state index contributed by atoms with van der Waals surface area (Å²) < 4.78 is 27.5. The van der Waals surface area contributed by atoms with Gasteiger partial charge in [-0.1, -0.05) is 34.1 Å². The van der Waals surface area contributed by atoms with Crippen molar-refractivity contribution >= 4 is 54.9 Å². The van der Waals surface area contributed by atoms with E-state index in [-0.39, 0.29) is 29.0 Å². The number of carbonyl (C=O) groups excluding carboxylic acids is 1. The number of aryl methyl sites for hydroxylation is 1. The van der Waals surface area contributed by atoms with Crippen molar-refractivity contribution < 1.29 is 13.2 Å². The van der Waals surface area contributed by atoms with Gasteiger partial charge >= 0.3 is 0 Å². The van der Waals surface area contributed by atoms with Gasteiger partial charge in [-0.05, 0) is 61.1 Å². The Balaban J connectivity index is 2.06. The second-order valence-electron chi connectivity index (χ2n) is 6.30. The molecule has 0 saturated heterocycles. The highest BCUT2D eigenvalue weighted by Gasteiger charge is 2.22. The van der Waals surface area contributed by atoms with Gasteiger partial charge in [0.1, 0.15) is 0 Å². The minimum Gasteiger partial charge on any atom is -0.332 e. The van der Waals surface area contributed by atoms with E-state index < -0.39 is 10.0 Å². The van der Waals surface area contributed by atoms with E-state index in [0.29, 0.717) is 11.3 Å². The van der Waals surface area contributed by atoms with Gasteiger partial charge in [0, 0.05) is 28.8 Å². The van der Waals surface area contributed by atoms with Crippen molar-refractivity contribution in [3.05, 3.63) is 83.4 Å². The van der Waals surface area contributed by atoms with Crippen LogP contribution in [0.4, 0.5) is 5.69 Å². The lowest BCUT2D eigenvalue weighted by atomic mass is 10.1. The Morgan fingerprint density at radius 2 is 1.73 bits per heavy atom. The Bertz CT molecular complexity index is 1060. The molecule has 0 unspecified atom stereocenters. The van der Waals surface area contributed by atoms with Crippen molar-refractivity contribution in [2.45, 2.75) is 11.8 Å². The zero-order chi connectivity index (χ0) is 22.3. The first kappa shape index (κ1) is 23.9. The van der Waals surface area contributed by atoms with E-state index in [1.807, 2.05) is 13.0 Å². The van der Waals surface area contributed by atoms with Crippen LogP contribution in [0.25, 0.3) is 0 Å². The molecule has 9 heteroatoms. The Kier molecular flexibility index (Phi) is 8.48. The topological polar surface area (TPSA) is 78.5 Å². The number of hydrogen-bond acceptors (Lipinski definition) is 4. The Hall–Kier alpha value is -2.33. The zero-order valence-electron chi connectivity index (χ0n) is 16.4. The van der Waals surface area contributed by atoms with E-state index in [9.17, 15) is 13.2 Å². The molecule has 2 N–H and O–H groups in total. The molecule has 6 nitrogen and oxygen atoms in total. The first-order valence-corrected chi connectivity index (χ1v) is 11.5. The van der Waals surface area contributed by atoms with Gasteiger partial charge in [-0.25, -0.2) is 8.42 Å². The number of carbonyl (C=O) groups is 1. The van der Waals surface area contributed by atoms with Gasteiger partial charge in [-0.2, -0.15) is 4.31 Å². The molecule has 158 valence electrons. The van der Waals surface area contributed by atoms with Gasteiger partial charge in [-0.15, -0.1) is 13.2 Å². The van der Waals surface area contributed by atoms with Gasteiger partial charge in [0.25, 0.3) is 5.91 Å². The highest BCUT2D eigenvalue weighted by Crippen LogP contribution is 2.19. The van der Waals surface area contributed by atoms with Gasteiger partial charge in [0.2, 0.25) is 10.0 Å². The SMILES string of the molecule is C=CCN(CC=C)S(=O)(=O)c1ccc(NC(=S)NC(=O)c2ccc(C)c(Br)c2)cc1. The van der Waals surface area contributed by atoms with Crippen molar-refractivity contribution in [3.63, 3.8) is 0 Å². The van der Waals surface area contributed by atoms with Crippen LogP contribution < -0.4 is 10.6 Å². The molecule has 0 fully saturated rings. The average Bonchev–Trinajstić information content (AvgIpc) is 2.70. The number of sulfonamides is 1. The average molecular weight is 508 g/mol. The minimum absolute atomic E-state index is 0.104. The summed E-state index contributed by atoms with van der Waals surface area (Å²) in [4.78, 5) is 12.5. The molecule has 30 heavy (non-hydrogen) atoms. The van der Waals surface area contributed by atoms with E-state index in [4.69, 9.17) is 12.2 Å². The number of thiocarbonyl (C=S) groups is 1. The van der Waals surface area contributed by atoms with Crippen molar-refractivity contribution in [1.82, 2.24) is 9.62 Å². The van der Waals surface area contributed by atoms with E-state index in [1.54, 1.807) is 24.3 Å². The molecular weight excluding hydrogens is 486 g/mol. The summed E-state index contributed by atoms with van der Waals surface area (Å²) in [5.74, 6) is -0.350. The van der Waals surface area contributed by atoms with E-state index >= 15 is 0 Å². The zero-order valence-corrected chi connectivity index (χ0v) is 19.6. The third kappa shape index (κ3) is 6.09. The summed E-state index contributed by atoms with van der Waals surface area (Å²) in [6, 6.07) is 11.3. The Morgan fingerprint density at radius 1 is 1.13 bits per heavy atom. The lowest BCUT2D eigenvalue weighted by molar-refractivity contribution is 0.0977. The summed E-state index contributed by atoms with van der Waals surface area (Å²) in [6.45, 7) is 9.47. The highest BCUT2D eigenvalue weighted by molar-refractivity contribution is 9.10. The number of anilines is 1. The molecule has 2 aromatic rings. The molecule has 0 bridgehead atoms. The summed E-state index contributed by atoms with van der Waals surface area (Å²) >= 11 is 8.58. The first-order chi connectivity index (χ1) is 14.2. The van der Waals surface area contributed by atoms with Crippen LogP contribution in [0.1, 0.15) is 15.9 Å². The first-order valence-electron chi connectivity index (χ1n) is 8.89. The molecule has 0 saturated carbocycles. The van der Waals surface area contributed by atoms with E-state index in [0.717, 1.165) is 10.0 Å². The third-order valence-corrected chi connectivity index (χ3v) is 6.98. The molecule has 0 aliphatic rings. The Morgan fingerprint density at radius 3 is 2.27 bits per heavy atom. The molecular formula is C21H22BrN3O3S2. The fraction of sp³-hybridized carbons (Fsp3) is 0.143. The summed E-state index contributed by atoms with van der Waals surface area (Å²) in [5, 5.41) is 5.58. The van der Waals surface area contributed by atoms with Crippen LogP contribution in [0.2, 0.25) is 0 Å². The highest BCUT2D eigenvalue weighted by atomic mass is 79.9. The van der Waals surface area contributed by atoms with Crippen molar-refractivity contribution in [3.8, 4) is 0 Å². The van der Waals surface area contributed by atoms with Crippen LogP contribution in [0.5, 0.6) is 0 Å². The maximum absolute atomic E-state index is 12.7. The predicted molar refractivity (Wildman–Crippen MR) is 128 cm³/mol. The molecule has 0 aromatic heterocycles. The largest absolute Gasteiger partial charge is 0.332 e. The van der Waals surface area contributed by atoms with Gasteiger partial charge in [0.15, 0.2) is 5.11 Å². The molecule has 2 aromatic carbocycles. The van der Waals surface area contributed by atoms with Crippen LogP contribution in [0.3, 0.4) is 0 Å². The third-order valence-electron chi connectivity index (χ3n) is 4.08. The van der Waals surface area contributed by atoms with Crippen LogP contribution in [-0.4, -0.2) is 36.8 Å². The van der Waals surface area contributed by atoms with Crippen LogP contribution >= 0.6 is 28.1 Å². The molecule has 1 amide bonds. The molecule has 2 rings (SSSR count). The number of amides is 1. The summed E-state index contributed by atoms with van der Waals surface area (Å²) in [5.41, 5.74) is 2.02. The predicted octanol–water partition coefficient (Wildman–Crippen LogP) is 4.25. The van der Waals surface area contributed by atoms with Crippen LogP contribution in [0, 0.1) is 6.92 Å². The van der Waals surface area contributed by atoms with Gasteiger partial charge in [-0.3, -0.25) is 10.1 Å². The second kappa shape index (κ2) is 10.6. The summed E-state index contributed by atoms with van der Waals surface area (Å²) in [7, 11) is -3.68. The fourth-order valence-electron chi connectivity index (χ4n) is 2.49. The number of rotatable bonds is 8. The molecule has 0 aliphatic heterocycles. The minimum atomic E-state index is -3.68. The number of hydrogen-bond donors (Lipinski definition) is 2. The molecule has 0 heterocycles. The van der Waals surface area contributed by atoms with Crippen LogP contribution in [-0.2, 0) is 10.0 Å². The van der Waals surface area contributed by atoms with Crippen molar-refractivity contribution in [1.29, 1.82) is 0 Å². The number of nitrogens with one attached hydrogen (secondary N) is 2. The molecule has 0 atom stereocenters. The fourth-order valence-corrected chi connectivity index (χ4v) is 4.46. The number of halogens is 1. The van der Waals surface area contributed by atoms with Crippen molar-refractivity contribution in [2.75, 3.05) is 18.4 Å². The lowest BCUT2D eigenvalue weighted by Gasteiger charge is -2.19. The summed E-state index contributed by atoms with van der Waals surface area (Å²) in [6.07, 6.45) is 3.04.